The van der Waals surface area contributed by atoms with E-state index in [0.717, 1.165) is 4.31 Å². The van der Waals surface area contributed by atoms with Crippen molar-refractivity contribution in [3.63, 3.8) is 0 Å². The van der Waals surface area contributed by atoms with Crippen molar-refractivity contribution in [1.29, 1.82) is 0 Å². The van der Waals surface area contributed by atoms with Crippen LogP contribution in [0.15, 0.2) is 4.90 Å². The van der Waals surface area contributed by atoms with Gasteiger partial charge in [-0.15, -0.1) is 0 Å². The molecule has 1 atom stereocenters. The van der Waals surface area contributed by atoms with Crippen LogP contribution in [0.5, 0.6) is 0 Å². The first-order valence-corrected chi connectivity index (χ1v) is 9.37. The second-order valence-corrected chi connectivity index (χ2v) is 9.07. The summed E-state index contributed by atoms with van der Waals surface area (Å²) in [5.74, 6) is -0.122. The van der Waals surface area contributed by atoms with E-state index in [4.69, 9.17) is 5.73 Å². The van der Waals surface area contributed by atoms with Gasteiger partial charge < -0.3 is 5.73 Å². The average Bonchev–Trinajstić information content (AvgIpc) is 2.91. The Morgan fingerprint density at radius 1 is 1.50 bits per heavy atom. The largest absolute Gasteiger partial charge is 0.325 e. The van der Waals surface area contributed by atoms with Crippen molar-refractivity contribution < 1.29 is 16.8 Å². The fraction of sp³-hybridized carbons (Fsp3) is 0.700. The molecule has 1 aromatic heterocycles. The van der Waals surface area contributed by atoms with Crippen molar-refractivity contribution in [1.82, 2.24) is 14.5 Å². The first-order valence-electron chi connectivity index (χ1n) is 6.11. The predicted molar refractivity (Wildman–Crippen MR) is 73.2 cm³/mol. The number of hydrogen-bond acceptors (Lipinski definition) is 6. The van der Waals surface area contributed by atoms with E-state index < -0.39 is 25.9 Å². The van der Waals surface area contributed by atoms with Gasteiger partial charge in [-0.05, 0) is 13.3 Å². The van der Waals surface area contributed by atoms with Gasteiger partial charge in [0.05, 0.1) is 22.9 Å². The Bertz CT molecular complexity index is 708. The molecule has 1 aliphatic heterocycles. The standard InChI is InChI=1S/C10H18N4O4S2/c1-7-10(9(5-11)13-12-7)20(17,18)14(2)8-3-4-19(15,16)6-8/h8H,3-6,11H2,1-2H3,(H,12,13). The van der Waals surface area contributed by atoms with Crippen molar-refractivity contribution in [3.05, 3.63) is 11.4 Å². The maximum Gasteiger partial charge on any atom is 0.246 e. The van der Waals surface area contributed by atoms with Crippen molar-refractivity contribution >= 4 is 19.9 Å². The van der Waals surface area contributed by atoms with Crippen LogP contribution in [0.1, 0.15) is 17.8 Å². The van der Waals surface area contributed by atoms with E-state index in [9.17, 15) is 16.8 Å². The third-order valence-electron chi connectivity index (χ3n) is 3.51. The Morgan fingerprint density at radius 3 is 2.65 bits per heavy atom. The Balaban J connectivity index is 2.38. The van der Waals surface area contributed by atoms with E-state index in [1.807, 2.05) is 0 Å². The van der Waals surface area contributed by atoms with Crippen LogP contribution in [-0.4, -0.2) is 55.9 Å². The highest BCUT2D eigenvalue weighted by Crippen LogP contribution is 2.26. The first-order chi connectivity index (χ1) is 9.19. The first kappa shape index (κ1) is 15.4. The molecule has 3 N–H and O–H groups in total. The average molecular weight is 322 g/mol. The quantitative estimate of drug-likeness (QED) is 0.731. The molecule has 1 aromatic rings. The lowest BCUT2D eigenvalue weighted by molar-refractivity contribution is 0.393. The molecule has 0 radical (unpaired) electrons. The molecule has 2 heterocycles. The summed E-state index contributed by atoms with van der Waals surface area (Å²) in [5, 5.41) is 6.47. The number of hydrogen-bond donors (Lipinski definition) is 2. The highest BCUT2D eigenvalue weighted by atomic mass is 32.2. The van der Waals surface area contributed by atoms with Crippen molar-refractivity contribution in [2.75, 3.05) is 18.6 Å². The smallest absolute Gasteiger partial charge is 0.246 e. The molecule has 0 spiro atoms. The van der Waals surface area contributed by atoms with Gasteiger partial charge in [-0.3, -0.25) is 5.10 Å². The maximum absolute atomic E-state index is 12.6. The molecular formula is C10H18N4O4S2. The summed E-state index contributed by atoms with van der Waals surface area (Å²) in [6, 6.07) is -0.537. The number of H-pyrrole nitrogens is 1. The molecule has 0 bridgehead atoms. The summed E-state index contributed by atoms with van der Waals surface area (Å²) in [6.45, 7) is 1.59. The van der Waals surface area contributed by atoms with E-state index >= 15 is 0 Å². The van der Waals surface area contributed by atoms with Crippen LogP contribution >= 0.6 is 0 Å². The number of aryl methyl sites for hydroxylation is 1. The molecule has 10 heteroatoms. The second-order valence-electron chi connectivity index (χ2n) is 4.91. The lowest BCUT2D eigenvalue weighted by Gasteiger charge is -2.23. The van der Waals surface area contributed by atoms with Gasteiger partial charge in [-0.2, -0.15) is 9.40 Å². The van der Waals surface area contributed by atoms with Crippen LogP contribution in [0.2, 0.25) is 0 Å². The molecular weight excluding hydrogens is 304 g/mol. The monoisotopic (exact) mass is 322 g/mol. The summed E-state index contributed by atoms with van der Waals surface area (Å²) in [7, 11) is -5.56. The second kappa shape index (κ2) is 5.10. The maximum atomic E-state index is 12.6. The molecule has 0 aliphatic carbocycles. The molecule has 1 fully saturated rings. The Kier molecular flexibility index (Phi) is 3.93. The molecule has 2 rings (SSSR count). The van der Waals surface area contributed by atoms with Crippen LogP contribution in [0.4, 0.5) is 0 Å². The van der Waals surface area contributed by atoms with Crippen LogP contribution in [0, 0.1) is 6.92 Å². The van der Waals surface area contributed by atoms with Gasteiger partial charge in [0.15, 0.2) is 9.84 Å². The molecule has 1 unspecified atom stereocenters. The minimum atomic E-state index is -3.81. The van der Waals surface area contributed by atoms with E-state index in [1.165, 1.54) is 7.05 Å². The molecule has 0 saturated carbocycles. The zero-order valence-corrected chi connectivity index (χ0v) is 13.0. The highest BCUT2D eigenvalue weighted by Gasteiger charge is 2.38. The molecule has 1 saturated heterocycles. The van der Waals surface area contributed by atoms with Gasteiger partial charge in [0.25, 0.3) is 0 Å². The van der Waals surface area contributed by atoms with Crippen molar-refractivity contribution in [2.45, 2.75) is 30.8 Å². The highest BCUT2D eigenvalue weighted by molar-refractivity contribution is 7.92. The van der Waals surface area contributed by atoms with Crippen LogP contribution < -0.4 is 5.73 Å². The summed E-state index contributed by atoms with van der Waals surface area (Å²) < 4.78 is 49.3. The molecule has 8 nitrogen and oxygen atoms in total. The zero-order chi connectivity index (χ0) is 15.1. The summed E-state index contributed by atoms with van der Waals surface area (Å²) in [5.41, 5.74) is 6.16. The fourth-order valence-corrected chi connectivity index (χ4v) is 5.94. The number of sulfonamides is 1. The molecule has 1 aliphatic rings. The van der Waals surface area contributed by atoms with Gasteiger partial charge in [-0.25, -0.2) is 16.8 Å². The fourth-order valence-electron chi connectivity index (χ4n) is 2.35. The van der Waals surface area contributed by atoms with Crippen LogP contribution in [0.3, 0.4) is 0 Å². The lowest BCUT2D eigenvalue weighted by atomic mass is 10.3. The van der Waals surface area contributed by atoms with Crippen molar-refractivity contribution in [3.8, 4) is 0 Å². The summed E-state index contributed by atoms with van der Waals surface area (Å²) in [6.07, 6.45) is 0.312. The van der Waals surface area contributed by atoms with Crippen molar-refractivity contribution in [2.24, 2.45) is 5.73 Å². The number of nitrogens with zero attached hydrogens (tertiary/aromatic N) is 2. The van der Waals surface area contributed by atoms with Gasteiger partial charge in [0, 0.05) is 19.6 Å². The summed E-state index contributed by atoms with van der Waals surface area (Å²) in [4.78, 5) is 0.0480. The van der Waals surface area contributed by atoms with Gasteiger partial charge in [0.1, 0.15) is 4.90 Å². The minimum absolute atomic E-state index is 0.00426. The Morgan fingerprint density at radius 2 is 2.15 bits per heavy atom. The number of nitrogens with one attached hydrogen (secondary N) is 1. The molecule has 20 heavy (non-hydrogen) atoms. The minimum Gasteiger partial charge on any atom is -0.325 e. The predicted octanol–water partition coefficient (Wildman–Crippen LogP) is -1.02. The lowest BCUT2D eigenvalue weighted by Crippen LogP contribution is -2.38. The summed E-state index contributed by atoms with van der Waals surface area (Å²) >= 11 is 0. The Hall–Kier alpha value is -0.970. The normalized spacial score (nSPS) is 22.5. The van der Waals surface area contributed by atoms with Gasteiger partial charge in [0.2, 0.25) is 10.0 Å². The number of rotatable bonds is 4. The number of aromatic nitrogens is 2. The van der Waals surface area contributed by atoms with E-state index in [0.29, 0.717) is 12.1 Å². The van der Waals surface area contributed by atoms with E-state index in [2.05, 4.69) is 10.2 Å². The Labute approximate surface area is 118 Å². The van der Waals surface area contributed by atoms with Crippen LogP contribution in [0.25, 0.3) is 0 Å². The van der Waals surface area contributed by atoms with Crippen LogP contribution in [-0.2, 0) is 26.4 Å². The van der Waals surface area contributed by atoms with E-state index in [-0.39, 0.29) is 28.6 Å². The van der Waals surface area contributed by atoms with Gasteiger partial charge in [-0.1, -0.05) is 0 Å². The topological polar surface area (TPSA) is 126 Å². The van der Waals surface area contributed by atoms with Gasteiger partial charge >= 0.3 is 0 Å². The third-order valence-corrected chi connectivity index (χ3v) is 7.38. The number of sulfone groups is 1. The molecule has 0 amide bonds. The van der Waals surface area contributed by atoms with E-state index in [1.54, 1.807) is 6.92 Å². The molecule has 114 valence electrons. The third kappa shape index (κ3) is 2.60. The zero-order valence-electron chi connectivity index (χ0n) is 11.3. The number of nitrogens with two attached hydrogens (primary N) is 1. The number of aromatic amines is 1. The SMILES string of the molecule is Cc1[nH]nc(CN)c1S(=O)(=O)N(C)C1CCS(=O)(=O)C1. The molecule has 0 aromatic carbocycles.